The summed E-state index contributed by atoms with van der Waals surface area (Å²) < 4.78 is 0. The van der Waals surface area contributed by atoms with Crippen molar-refractivity contribution in [2.24, 2.45) is 0 Å². The van der Waals surface area contributed by atoms with Gasteiger partial charge in [0.15, 0.2) is 5.41 Å². The number of nitriles is 1. The molecule has 0 heterocycles. The predicted octanol–water partition coefficient (Wildman–Crippen LogP) is 2.68. The summed E-state index contributed by atoms with van der Waals surface area (Å²) >= 11 is 0. The molecule has 16 heavy (non-hydrogen) atoms. The lowest BCUT2D eigenvalue weighted by Crippen LogP contribution is -2.30. The largest absolute Gasteiger partial charge is 0.480 e. The maximum Gasteiger partial charge on any atom is 0.328 e. The van der Waals surface area contributed by atoms with Gasteiger partial charge in [-0.2, -0.15) is 5.26 Å². The highest BCUT2D eigenvalue weighted by Gasteiger charge is 2.35. The topological polar surface area (TPSA) is 61.1 Å². The van der Waals surface area contributed by atoms with E-state index in [0.29, 0.717) is 11.5 Å². The minimum atomic E-state index is -1.46. The quantitative estimate of drug-likeness (QED) is 0.846. The lowest BCUT2D eigenvalue weighted by atomic mass is 9.83. The molecule has 1 unspecified atom stereocenters. The minimum Gasteiger partial charge on any atom is -0.480 e. The van der Waals surface area contributed by atoms with Crippen molar-refractivity contribution in [3.63, 3.8) is 0 Å². The zero-order valence-corrected chi connectivity index (χ0v) is 9.69. The van der Waals surface area contributed by atoms with Crippen LogP contribution in [-0.4, -0.2) is 11.1 Å². The Balaban J connectivity index is 3.16. The Morgan fingerprint density at radius 2 is 1.88 bits per heavy atom. The molecular weight excluding hydrogens is 202 g/mol. The summed E-state index contributed by atoms with van der Waals surface area (Å²) in [6, 6.07) is 9.02. The molecule has 1 atom stereocenters. The number of hydrogen-bond donors (Lipinski definition) is 1. The second-order valence-electron chi connectivity index (χ2n) is 4.32. The van der Waals surface area contributed by atoms with Gasteiger partial charge >= 0.3 is 5.97 Å². The number of nitrogens with zero attached hydrogens (tertiary/aromatic N) is 1. The molecule has 0 saturated heterocycles. The number of carbonyl (C=O) groups is 1. The molecule has 3 nitrogen and oxygen atoms in total. The Morgan fingerprint density at radius 3 is 2.19 bits per heavy atom. The number of carboxylic acid groups (broad SMARTS) is 1. The highest BCUT2D eigenvalue weighted by molar-refractivity contribution is 5.84. The summed E-state index contributed by atoms with van der Waals surface area (Å²) in [5.74, 6) is -0.723. The van der Waals surface area contributed by atoms with E-state index in [9.17, 15) is 4.79 Å². The highest BCUT2D eigenvalue weighted by atomic mass is 16.4. The van der Waals surface area contributed by atoms with Crippen molar-refractivity contribution in [2.75, 3.05) is 0 Å². The molecule has 0 aliphatic rings. The zero-order valence-electron chi connectivity index (χ0n) is 9.69. The Kier molecular flexibility index (Phi) is 3.34. The van der Waals surface area contributed by atoms with Gasteiger partial charge in [-0.05, 0) is 24.0 Å². The van der Waals surface area contributed by atoms with Gasteiger partial charge in [-0.15, -0.1) is 0 Å². The minimum absolute atomic E-state index is 0.396. The number of carboxylic acids is 1. The number of hydrogen-bond acceptors (Lipinski definition) is 2. The Labute approximate surface area is 95.3 Å². The van der Waals surface area contributed by atoms with Crippen molar-refractivity contribution < 1.29 is 9.90 Å². The number of rotatable bonds is 3. The molecular formula is C13H15NO2. The molecule has 0 spiro atoms. The van der Waals surface area contributed by atoms with Gasteiger partial charge in [-0.25, -0.2) is 0 Å². The summed E-state index contributed by atoms with van der Waals surface area (Å²) in [7, 11) is 0. The summed E-state index contributed by atoms with van der Waals surface area (Å²) in [6.45, 7) is 5.55. The van der Waals surface area contributed by atoms with Crippen LogP contribution in [0.5, 0.6) is 0 Å². The van der Waals surface area contributed by atoms with Gasteiger partial charge in [-0.3, -0.25) is 4.79 Å². The van der Waals surface area contributed by atoms with Crippen LogP contribution in [-0.2, 0) is 10.2 Å². The van der Waals surface area contributed by atoms with E-state index in [1.54, 1.807) is 12.1 Å². The Morgan fingerprint density at radius 1 is 1.38 bits per heavy atom. The van der Waals surface area contributed by atoms with Crippen molar-refractivity contribution in [3.8, 4) is 6.07 Å². The van der Waals surface area contributed by atoms with Crippen LogP contribution in [0, 0.1) is 11.3 Å². The molecule has 1 rings (SSSR count). The molecule has 1 aromatic rings. The third-order valence-corrected chi connectivity index (χ3v) is 2.81. The molecule has 0 aromatic heterocycles. The predicted molar refractivity (Wildman–Crippen MR) is 61.1 cm³/mol. The van der Waals surface area contributed by atoms with E-state index in [-0.39, 0.29) is 0 Å². The van der Waals surface area contributed by atoms with Crippen molar-refractivity contribution in [3.05, 3.63) is 35.4 Å². The second kappa shape index (κ2) is 4.36. The molecule has 0 aliphatic carbocycles. The van der Waals surface area contributed by atoms with Crippen molar-refractivity contribution in [1.29, 1.82) is 5.26 Å². The standard InChI is InChI=1S/C13H15NO2/c1-9(2)10-4-6-11(7-5-10)13(3,8-14)12(15)16/h4-7,9H,1-3H3,(H,15,16). The maximum absolute atomic E-state index is 11.0. The third-order valence-electron chi connectivity index (χ3n) is 2.81. The van der Waals surface area contributed by atoms with Gasteiger partial charge in [0.2, 0.25) is 0 Å². The first-order chi connectivity index (χ1) is 7.41. The Bertz CT molecular complexity index is 428. The van der Waals surface area contributed by atoms with E-state index in [0.717, 1.165) is 5.56 Å². The molecule has 84 valence electrons. The van der Waals surface area contributed by atoms with Crippen LogP contribution in [0.1, 0.15) is 37.8 Å². The highest BCUT2D eigenvalue weighted by Crippen LogP contribution is 2.25. The fourth-order valence-corrected chi connectivity index (χ4v) is 1.44. The first-order valence-corrected chi connectivity index (χ1v) is 5.17. The molecule has 1 N–H and O–H groups in total. The van der Waals surface area contributed by atoms with E-state index in [4.69, 9.17) is 10.4 Å². The monoisotopic (exact) mass is 217 g/mol. The van der Waals surface area contributed by atoms with Crippen LogP contribution < -0.4 is 0 Å². The van der Waals surface area contributed by atoms with Crippen molar-refractivity contribution >= 4 is 5.97 Å². The van der Waals surface area contributed by atoms with Crippen LogP contribution in [0.15, 0.2) is 24.3 Å². The molecule has 0 bridgehead atoms. The zero-order chi connectivity index (χ0) is 12.3. The average molecular weight is 217 g/mol. The average Bonchev–Trinajstić information content (AvgIpc) is 2.27. The SMILES string of the molecule is CC(C)c1ccc(C(C)(C#N)C(=O)O)cc1. The first-order valence-electron chi connectivity index (χ1n) is 5.17. The first kappa shape index (κ1) is 12.3. The van der Waals surface area contributed by atoms with Gasteiger partial charge in [0.05, 0.1) is 6.07 Å². The third kappa shape index (κ3) is 2.06. The molecule has 0 aliphatic heterocycles. The fraction of sp³-hybridized carbons (Fsp3) is 0.385. The summed E-state index contributed by atoms with van der Waals surface area (Å²) in [6.07, 6.45) is 0. The normalized spacial score (nSPS) is 14.2. The number of benzene rings is 1. The van der Waals surface area contributed by atoms with Gasteiger partial charge in [0, 0.05) is 0 Å². The van der Waals surface area contributed by atoms with Gasteiger partial charge in [0.1, 0.15) is 0 Å². The van der Waals surface area contributed by atoms with E-state index in [2.05, 4.69) is 13.8 Å². The van der Waals surface area contributed by atoms with Crippen molar-refractivity contribution in [1.82, 2.24) is 0 Å². The second-order valence-corrected chi connectivity index (χ2v) is 4.32. The summed E-state index contributed by atoms with van der Waals surface area (Å²) in [5, 5.41) is 18.0. The van der Waals surface area contributed by atoms with Gasteiger partial charge in [0.25, 0.3) is 0 Å². The van der Waals surface area contributed by atoms with E-state index in [1.165, 1.54) is 6.92 Å². The van der Waals surface area contributed by atoms with Crippen LogP contribution in [0.4, 0.5) is 0 Å². The molecule has 0 amide bonds. The summed E-state index contributed by atoms with van der Waals surface area (Å²) in [4.78, 5) is 11.0. The van der Waals surface area contributed by atoms with E-state index in [1.807, 2.05) is 18.2 Å². The molecule has 0 radical (unpaired) electrons. The molecule has 0 fully saturated rings. The van der Waals surface area contributed by atoms with Crippen LogP contribution in [0.2, 0.25) is 0 Å². The molecule has 1 aromatic carbocycles. The fourth-order valence-electron chi connectivity index (χ4n) is 1.44. The lowest BCUT2D eigenvalue weighted by molar-refractivity contribution is -0.141. The number of aliphatic carboxylic acids is 1. The lowest BCUT2D eigenvalue weighted by Gasteiger charge is -2.17. The van der Waals surface area contributed by atoms with Crippen LogP contribution in [0.3, 0.4) is 0 Å². The van der Waals surface area contributed by atoms with Crippen LogP contribution >= 0.6 is 0 Å². The summed E-state index contributed by atoms with van der Waals surface area (Å²) in [5.41, 5.74) is 0.191. The van der Waals surface area contributed by atoms with E-state index >= 15 is 0 Å². The smallest absolute Gasteiger partial charge is 0.328 e. The molecule has 3 heteroatoms. The van der Waals surface area contributed by atoms with Gasteiger partial charge in [-0.1, -0.05) is 38.1 Å². The van der Waals surface area contributed by atoms with E-state index < -0.39 is 11.4 Å². The van der Waals surface area contributed by atoms with Crippen molar-refractivity contribution in [2.45, 2.75) is 32.1 Å². The maximum atomic E-state index is 11.0. The molecule has 0 saturated carbocycles. The Hall–Kier alpha value is -1.82. The van der Waals surface area contributed by atoms with Crippen LogP contribution in [0.25, 0.3) is 0 Å². The van der Waals surface area contributed by atoms with Gasteiger partial charge < -0.3 is 5.11 Å².